The molecule has 0 aliphatic heterocycles. The van der Waals surface area contributed by atoms with Crippen LogP contribution in [0.25, 0.3) is 16.6 Å². The Balaban J connectivity index is 2.02. The minimum absolute atomic E-state index is 0.229. The first-order valence-corrected chi connectivity index (χ1v) is 9.20. The number of aromatic nitrogens is 4. The predicted molar refractivity (Wildman–Crippen MR) is 106 cm³/mol. The average Bonchev–Trinajstić information content (AvgIpc) is 3.04. The van der Waals surface area contributed by atoms with Gasteiger partial charge in [-0.25, -0.2) is 4.98 Å². The number of rotatable bonds is 4. The Morgan fingerprint density at radius 2 is 1.82 bits per heavy atom. The number of benzene rings is 2. The molecule has 0 N–H and O–H groups in total. The van der Waals surface area contributed by atoms with Crippen molar-refractivity contribution < 1.29 is 4.92 Å². The molecule has 0 saturated heterocycles. The highest BCUT2D eigenvalue weighted by atomic mass is 32.2. The van der Waals surface area contributed by atoms with Crippen molar-refractivity contribution in [2.75, 3.05) is 0 Å². The van der Waals surface area contributed by atoms with Crippen LogP contribution in [0.3, 0.4) is 0 Å². The van der Waals surface area contributed by atoms with Gasteiger partial charge in [0.25, 0.3) is 5.56 Å². The van der Waals surface area contributed by atoms with Crippen molar-refractivity contribution in [1.82, 2.24) is 19.1 Å². The molecule has 0 aliphatic carbocycles. The summed E-state index contributed by atoms with van der Waals surface area (Å²) in [6.07, 6.45) is 1.37. The van der Waals surface area contributed by atoms with Crippen LogP contribution in [0.2, 0.25) is 0 Å². The van der Waals surface area contributed by atoms with Gasteiger partial charge in [0.2, 0.25) is 6.33 Å². The van der Waals surface area contributed by atoms with Crippen LogP contribution in [0.4, 0.5) is 5.82 Å². The van der Waals surface area contributed by atoms with Crippen LogP contribution in [0.15, 0.2) is 69.8 Å². The summed E-state index contributed by atoms with van der Waals surface area (Å²) >= 11 is 1.05. The Kier molecular flexibility index (Phi) is 4.44. The summed E-state index contributed by atoms with van der Waals surface area (Å²) in [6, 6.07) is 14.5. The molecule has 0 amide bonds. The van der Waals surface area contributed by atoms with Gasteiger partial charge < -0.3 is 14.7 Å². The van der Waals surface area contributed by atoms with Crippen molar-refractivity contribution >= 4 is 28.5 Å². The van der Waals surface area contributed by atoms with Gasteiger partial charge in [-0.1, -0.05) is 30.3 Å². The van der Waals surface area contributed by atoms with Gasteiger partial charge in [-0.3, -0.25) is 9.36 Å². The number of aryl methyl sites for hydroxylation is 2. The first kappa shape index (κ1) is 17.9. The van der Waals surface area contributed by atoms with Crippen molar-refractivity contribution in [2.24, 2.45) is 7.05 Å². The van der Waals surface area contributed by atoms with E-state index >= 15 is 0 Å². The maximum absolute atomic E-state index is 13.3. The van der Waals surface area contributed by atoms with Gasteiger partial charge in [-0.15, -0.1) is 0 Å². The molecule has 2 aromatic carbocycles. The molecule has 9 heteroatoms. The summed E-state index contributed by atoms with van der Waals surface area (Å²) in [6.45, 7) is 1.90. The number of hydrogen-bond acceptors (Lipinski definition) is 6. The molecule has 0 spiro atoms. The third-order valence-electron chi connectivity index (χ3n) is 4.33. The first-order chi connectivity index (χ1) is 13.5. The standard InChI is InChI=1S/C19H15N5O3S/c1-12-7-3-6-10-15(12)23-17(25)13-8-4-5-9-14(13)21-19(23)28-18-16(24(26)27)20-11-22(18)2/h3-11H,1-2H3. The van der Waals surface area contributed by atoms with Gasteiger partial charge >= 0.3 is 5.82 Å². The SMILES string of the molecule is Cc1ccccc1-n1c(Sc2c([N+](=O)[O-])ncn2C)nc2ccccc2c1=O. The molecule has 0 unspecified atom stereocenters. The van der Waals surface area contributed by atoms with Gasteiger partial charge in [-0.05, 0) is 52.4 Å². The topological polar surface area (TPSA) is 95.8 Å². The van der Waals surface area contributed by atoms with E-state index in [-0.39, 0.29) is 11.4 Å². The monoisotopic (exact) mass is 393 g/mol. The average molecular weight is 393 g/mol. The highest BCUT2D eigenvalue weighted by Gasteiger charge is 2.24. The smallest absolute Gasteiger partial charge is 0.358 e. The third kappa shape index (κ3) is 2.95. The van der Waals surface area contributed by atoms with Gasteiger partial charge in [0, 0.05) is 7.05 Å². The molecule has 2 aromatic heterocycles. The molecular weight excluding hydrogens is 378 g/mol. The van der Waals surface area contributed by atoms with Gasteiger partial charge in [-0.2, -0.15) is 0 Å². The summed E-state index contributed by atoms with van der Waals surface area (Å²) in [4.78, 5) is 32.6. The Morgan fingerprint density at radius 3 is 2.57 bits per heavy atom. The van der Waals surface area contributed by atoms with E-state index in [0.29, 0.717) is 26.8 Å². The largest absolute Gasteiger partial charge is 0.396 e. The van der Waals surface area contributed by atoms with E-state index in [2.05, 4.69) is 9.97 Å². The minimum atomic E-state index is -0.542. The maximum atomic E-state index is 13.3. The maximum Gasteiger partial charge on any atom is 0.396 e. The Bertz CT molecular complexity index is 1280. The zero-order valence-electron chi connectivity index (χ0n) is 15.1. The molecule has 0 atom stereocenters. The van der Waals surface area contributed by atoms with Crippen LogP contribution >= 0.6 is 11.8 Å². The molecule has 0 radical (unpaired) electrons. The number of para-hydroxylation sites is 2. The van der Waals surface area contributed by atoms with E-state index in [4.69, 9.17) is 0 Å². The van der Waals surface area contributed by atoms with Crippen LogP contribution in [0.5, 0.6) is 0 Å². The number of nitrogens with zero attached hydrogens (tertiary/aromatic N) is 5. The highest BCUT2D eigenvalue weighted by Crippen LogP contribution is 2.34. The van der Waals surface area contributed by atoms with Gasteiger partial charge in [0.1, 0.15) is 0 Å². The Labute approximate surface area is 163 Å². The molecule has 2 heterocycles. The van der Waals surface area contributed by atoms with E-state index in [9.17, 15) is 14.9 Å². The highest BCUT2D eigenvalue weighted by molar-refractivity contribution is 7.99. The van der Waals surface area contributed by atoms with Gasteiger partial charge in [0.05, 0.1) is 16.6 Å². The summed E-state index contributed by atoms with van der Waals surface area (Å²) in [5, 5.41) is 12.5. The van der Waals surface area contributed by atoms with Crippen LogP contribution in [0.1, 0.15) is 5.56 Å². The lowest BCUT2D eigenvalue weighted by molar-refractivity contribution is -0.392. The predicted octanol–water partition coefficient (Wildman–Crippen LogP) is 3.49. The molecule has 8 nitrogen and oxygen atoms in total. The Hall–Kier alpha value is -3.46. The van der Waals surface area contributed by atoms with E-state index in [1.54, 1.807) is 35.9 Å². The molecule has 140 valence electrons. The second kappa shape index (κ2) is 6.93. The number of fused-ring (bicyclic) bond motifs is 1. The van der Waals surface area contributed by atoms with Crippen molar-refractivity contribution in [3.63, 3.8) is 0 Å². The lowest BCUT2D eigenvalue weighted by Crippen LogP contribution is -2.22. The quantitative estimate of drug-likeness (QED) is 0.299. The van der Waals surface area contributed by atoms with E-state index in [1.807, 2.05) is 31.2 Å². The molecule has 0 aliphatic rings. The first-order valence-electron chi connectivity index (χ1n) is 8.38. The van der Waals surface area contributed by atoms with Crippen LogP contribution in [0, 0.1) is 17.0 Å². The fourth-order valence-electron chi connectivity index (χ4n) is 2.94. The number of nitro groups is 1. The fourth-order valence-corrected chi connectivity index (χ4v) is 3.94. The summed E-state index contributed by atoms with van der Waals surface area (Å²) in [5.41, 5.74) is 1.87. The fraction of sp³-hybridized carbons (Fsp3) is 0.105. The van der Waals surface area contributed by atoms with Crippen molar-refractivity contribution in [3.8, 4) is 5.69 Å². The lowest BCUT2D eigenvalue weighted by Gasteiger charge is -2.14. The molecule has 4 rings (SSSR count). The van der Waals surface area contributed by atoms with Crippen LogP contribution < -0.4 is 5.56 Å². The normalized spacial score (nSPS) is 11.1. The van der Waals surface area contributed by atoms with E-state index in [0.717, 1.165) is 17.3 Å². The molecule has 4 aromatic rings. The molecular formula is C19H15N5O3S. The zero-order valence-corrected chi connectivity index (χ0v) is 15.9. The Morgan fingerprint density at radius 1 is 1.11 bits per heavy atom. The second-order valence-corrected chi connectivity index (χ2v) is 7.14. The molecule has 0 bridgehead atoms. The summed E-state index contributed by atoms with van der Waals surface area (Å²) in [7, 11) is 1.67. The summed E-state index contributed by atoms with van der Waals surface area (Å²) < 4.78 is 3.05. The zero-order chi connectivity index (χ0) is 19.8. The summed E-state index contributed by atoms with van der Waals surface area (Å²) in [5.74, 6) is -0.272. The van der Waals surface area contributed by atoms with E-state index in [1.165, 1.54) is 10.9 Å². The third-order valence-corrected chi connectivity index (χ3v) is 5.45. The van der Waals surface area contributed by atoms with Crippen LogP contribution in [-0.2, 0) is 7.05 Å². The number of imidazole rings is 1. The molecule has 0 saturated carbocycles. The molecule has 28 heavy (non-hydrogen) atoms. The van der Waals surface area contributed by atoms with Crippen molar-refractivity contribution in [2.45, 2.75) is 17.1 Å². The minimum Gasteiger partial charge on any atom is -0.358 e. The van der Waals surface area contributed by atoms with Crippen molar-refractivity contribution in [1.29, 1.82) is 0 Å². The van der Waals surface area contributed by atoms with Crippen LogP contribution in [-0.4, -0.2) is 24.0 Å². The van der Waals surface area contributed by atoms with Crippen molar-refractivity contribution in [3.05, 3.63) is 80.9 Å². The molecule has 0 fully saturated rings. The van der Waals surface area contributed by atoms with Gasteiger partial charge in [0.15, 0.2) is 10.2 Å². The number of hydrogen-bond donors (Lipinski definition) is 0. The second-order valence-electron chi connectivity index (χ2n) is 6.18. The lowest BCUT2D eigenvalue weighted by atomic mass is 10.2. The van der Waals surface area contributed by atoms with E-state index < -0.39 is 4.92 Å².